The van der Waals surface area contributed by atoms with E-state index in [0.717, 1.165) is 0 Å². The third-order valence-electron chi connectivity index (χ3n) is 4.55. The molecule has 0 aliphatic rings. The monoisotopic (exact) mass is 463 g/mol. The van der Waals surface area contributed by atoms with Crippen LogP contribution in [0.15, 0.2) is 36.4 Å². The molecule has 0 radical (unpaired) electrons. The van der Waals surface area contributed by atoms with Gasteiger partial charge in [-0.05, 0) is 36.2 Å². The molecule has 0 aliphatic heterocycles. The van der Waals surface area contributed by atoms with Gasteiger partial charge in [0.05, 0.1) is 26.9 Å². The molecule has 2 aromatic rings. The van der Waals surface area contributed by atoms with E-state index in [1.165, 1.54) is 39.5 Å². The zero-order valence-corrected chi connectivity index (χ0v) is 19.2. The highest BCUT2D eigenvalue weighted by atomic mass is 35.5. The van der Waals surface area contributed by atoms with E-state index in [1.807, 2.05) is 0 Å². The number of nitrogens with one attached hydrogen (secondary N) is 3. The maximum absolute atomic E-state index is 12.8. The lowest BCUT2D eigenvalue weighted by atomic mass is 10.0. The molecule has 0 saturated heterocycles. The molecule has 32 heavy (non-hydrogen) atoms. The molecule has 3 N–H and O–H groups in total. The highest BCUT2D eigenvalue weighted by molar-refractivity contribution is 6.31. The SMILES string of the molecule is COc1cc(OC)cc(C(=O)N[C@H](C(=O)NNC(=O)c2cc(Cl)ccc2OC)C(C)C)c1. The predicted molar refractivity (Wildman–Crippen MR) is 119 cm³/mol. The van der Waals surface area contributed by atoms with Crippen LogP contribution in [0.3, 0.4) is 0 Å². The van der Waals surface area contributed by atoms with Crippen molar-refractivity contribution in [3.05, 3.63) is 52.5 Å². The first-order valence-electron chi connectivity index (χ1n) is 9.67. The Hall–Kier alpha value is -3.46. The molecular weight excluding hydrogens is 438 g/mol. The molecule has 0 aliphatic carbocycles. The third-order valence-corrected chi connectivity index (χ3v) is 4.79. The van der Waals surface area contributed by atoms with E-state index >= 15 is 0 Å². The number of amides is 3. The van der Waals surface area contributed by atoms with Gasteiger partial charge in [-0.1, -0.05) is 25.4 Å². The lowest BCUT2D eigenvalue weighted by Gasteiger charge is -2.22. The van der Waals surface area contributed by atoms with Gasteiger partial charge in [0.25, 0.3) is 17.7 Å². The molecular formula is C22H26ClN3O6. The first-order valence-corrected chi connectivity index (χ1v) is 10.1. The second kappa shape index (κ2) is 11.2. The molecule has 0 unspecified atom stereocenters. The number of hydrazine groups is 1. The number of methoxy groups -OCH3 is 3. The molecule has 172 valence electrons. The van der Waals surface area contributed by atoms with Gasteiger partial charge in [0.15, 0.2) is 0 Å². The van der Waals surface area contributed by atoms with Gasteiger partial charge >= 0.3 is 0 Å². The third kappa shape index (κ3) is 6.27. The summed E-state index contributed by atoms with van der Waals surface area (Å²) < 4.78 is 15.5. The van der Waals surface area contributed by atoms with Crippen LogP contribution in [0.2, 0.25) is 5.02 Å². The van der Waals surface area contributed by atoms with Gasteiger partial charge in [0.2, 0.25) is 0 Å². The van der Waals surface area contributed by atoms with Crippen molar-refractivity contribution >= 4 is 29.3 Å². The minimum atomic E-state index is -0.929. The number of carbonyl (C=O) groups is 3. The molecule has 0 heterocycles. The molecule has 2 aromatic carbocycles. The highest BCUT2D eigenvalue weighted by Gasteiger charge is 2.26. The Balaban J connectivity index is 2.11. The van der Waals surface area contributed by atoms with Crippen LogP contribution in [0.5, 0.6) is 17.2 Å². The largest absolute Gasteiger partial charge is 0.497 e. The number of benzene rings is 2. The van der Waals surface area contributed by atoms with Crippen molar-refractivity contribution in [2.24, 2.45) is 5.92 Å². The maximum Gasteiger partial charge on any atom is 0.273 e. The molecule has 0 fully saturated rings. The molecule has 0 aromatic heterocycles. The molecule has 2 rings (SSSR count). The van der Waals surface area contributed by atoms with Crippen molar-refractivity contribution in [1.29, 1.82) is 0 Å². The summed E-state index contributed by atoms with van der Waals surface area (Å²) in [6, 6.07) is 8.29. The Labute approximate surface area is 191 Å². The topological polar surface area (TPSA) is 115 Å². The fraction of sp³-hybridized carbons (Fsp3) is 0.318. The minimum absolute atomic E-state index is 0.147. The number of carbonyl (C=O) groups excluding carboxylic acids is 3. The summed E-state index contributed by atoms with van der Waals surface area (Å²) in [4.78, 5) is 37.9. The molecule has 9 nitrogen and oxygen atoms in total. The first kappa shape index (κ1) is 24.8. The fourth-order valence-corrected chi connectivity index (χ4v) is 2.99. The first-order chi connectivity index (χ1) is 15.2. The van der Waals surface area contributed by atoms with E-state index in [2.05, 4.69) is 16.2 Å². The Morgan fingerprint density at radius 1 is 0.844 bits per heavy atom. The Bertz CT molecular complexity index is 973. The summed E-state index contributed by atoms with van der Waals surface area (Å²) in [5, 5.41) is 3.01. The van der Waals surface area contributed by atoms with E-state index in [0.29, 0.717) is 22.3 Å². The molecule has 10 heteroatoms. The van der Waals surface area contributed by atoms with E-state index in [4.69, 9.17) is 25.8 Å². The average molecular weight is 464 g/mol. The van der Waals surface area contributed by atoms with Gasteiger partial charge in [-0.2, -0.15) is 0 Å². The molecule has 0 bridgehead atoms. The van der Waals surface area contributed by atoms with Crippen LogP contribution in [0, 0.1) is 5.92 Å². The van der Waals surface area contributed by atoms with Gasteiger partial charge in [-0.15, -0.1) is 0 Å². The summed E-state index contributed by atoms with van der Waals surface area (Å²) in [5.41, 5.74) is 5.05. The standard InChI is InChI=1S/C22H26ClN3O6/c1-12(2)19(24-20(27)13-8-15(30-3)11-16(9-13)31-4)22(29)26-25-21(28)17-10-14(23)6-7-18(17)32-5/h6-12,19H,1-5H3,(H,24,27)(H,25,28)(H,26,29)/t19-/m0/s1. The van der Waals surface area contributed by atoms with Crippen LogP contribution in [-0.4, -0.2) is 45.1 Å². The zero-order chi connectivity index (χ0) is 23.8. The van der Waals surface area contributed by atoms with Gasteiger partial charge < -0.3 is 19.5 Å². The quantitative estimate of drug-likeness (QED) is 0.518. The van der Waals surface area contributed by atoms with Gasteiger partial charge in [-0.25, -0.2) is 0 Å². The molecule has 0 spiro atoms. The number of hydrogen-bond donors (Lipinski definition) is 3. The lowest BCUT2D eigenvalue weighted by molar-refractivity contribution is -0.124. The number of ether oxygens (including phenoxy) is 3. The van der Waals surface area contributed by atoms with E-state index in [9.17, 15) is 14.4 Å². The Morgan fingerprint density at radius 2 is 1.47 bits per heavy atom. The lowest BCUT2D eigenvalue weighted by Crippen LogP contribution is -2.54. The van der Waals surface area contributed by atoms with E-state index < -0.39 is 23.8 Å². The maximum atomic E-state index is 12.8. The van der Waals surface area contributed by atoms with Crippen molar-refractivity contribution < 1.29 is 28.6 Å². The van der Waals surface area contributed by atoms with Crippen molar-refractivity contribution in [2.75, 3.05) is 21.3 Å². The van der Waals surface area contributed by atoms with Crippen molar-refractivity contribution in [3.63, 3.8) is 0 Å². The fourth-order valence-electron chi connectivity index (χ4n) is 2.82. The van der Waals surface area contributed by atoms with E-state index in [1.54, 1.807) is 32.0 Å². The van der Waals surface area contributed by atoms with Gasteiger partial charge in [0.1, 0.15) is 23.3 Å². The normalized spacial score (nSPS) is 11.3. The van der Waals surface area contributed by atoms with Crippen LogP contribution in [0.25, 0.3) is 0 Å². The molecule has 0 saturated carbocycles. The average Bonchev–Trinajstić information content (AvgIpc) is 2.79. The zero-order valence-electron chi connectivity index (χ0n) is 18.4. The number of rotatable bonds is 8. The summed E-state index contributed by atoms with van der Waals surface area (Å²) in [5.74, 6) is -0.836. The van der Waals surface area contributed by atoms with Crippen LogP contribution >= 0.6 is 11.6 Å². The summed E-state index contributed by atoms with van der Waals surface area (Å²) >= 11 is 5.94. The second-order valence-corrected chi connectivity index (χ2v) is 7.52. The summed E-state index contributed by atoms with van der Waals surface area (Å²) in [6.45, 7) is 3.52. The van der Waals surface area contributed by atoms with Crippen LogP contribution in [0.1, 0.15) is 34.6 Å². The van der Waals surface area contributed by atoms with Crippen molar-refractivity contribution in [2.45, 2.75) is 19.9 Å². The van der Waals surface area contributed by atoms with Crippen molar-refractivity contribution in [3.8, 4) is 17.2 Å². The molecule has 3 amide bonds. The summed E-state index contributed by atoms with van der Waals surface area (Å²) in [7, 11) is 4.35. The minimum Gasteiger partial charge on any atom is -0.497 e. The van der Waals surface area contributed by atoms with E-state index in [-0.39, 0.29) is 17.0 Å². The highest BCUT2D eigenvalue weighted by Crippen LogP contribution is 2.23. The van der Waals surface area contributed by atoms with Crippen molar-refractivity contribution in [1.82, 2.24) is 16.2 Å². The smallest absolute Gasteiger partial charge is 0.273 e. The summed E-state index contributed by atoms with van der Waals surface area (Å²) in [6.07, 6.45) is 0. The predicted octanol–water partition coefficient (Wildman–Crippen LogP) is 2.58. The number of hydrogen-bond acceptors (Lipinski definition) is 6. The van der Waals surface area contributed by atoms with Crippen LogP contribution in [-0.2, 0) is 4.79 Å². The molecule has 1 atom stereocenters. The van der Waals surface area contributed by atoms with Crippen LogP contribution < -0.4 is 30.4 Å². The van der Waals surface area contributed by atoms with Crippen LogP contribution in [0.4, 0.5) is 0 Å². The Kier molecular flexibility index (Phi) is 8.71. The Morgan fingerprint density at radius 3 is 2.00 bits per heavy atom. The van der Waals surface area contributed by atoms with Gasteiger partial charge in [0, 0.05) is 16.7 Å². The van der Waals surface area contributed by atoms with Gasteiger partial charge in [-0.3, -0.25) is 25.2 Å². The number of halogens is 1. The second-order valence-electron chi connectivity index (χ2n) is 7.08.